The minimum Gasteiger partial charge on any atom is -0.355 e. The lowest BCUT2D eigenvalue weighted by Gasteiger charge is -2.10. The van der Waals surface area contributed by atoms with Crippen LogP contribution in [0, 0.1) is 6.92 Å². The van der Waals surface area contributed by atoms with Crippen molar-refractivity contribution < 1.29 is 4.79 Å². The number of pyridine rings is 1. The van der Waals surface area contributed by atoms with Crippen LogP contribution in [-0.4, -0.2) is 17.5 Å². The summed E-state index contributed by atoms with van der Waals surface area (Å²) < 4.78 is 1.56. The van der Waals surface area contributed by atoms with E-state index in [1.165, 1.54) is 7.05 Å². The second-order valence-corrected chi connectivity index (χ2v) is 4.51. The first kappa shape index (κ1) is 14.1. The largest absolute Gasteiger partial charge is 0.355 e. The van der Waals surface area contributed by atoms with Crippen LogP contribution in [0.5, 0.6) is 0 Å². The van der Waals surface area contributed by atoms with Gasteiger partial charge in [0, 0.05) is 13.2 Å². The normalized spacial score (nSPS) is 10.3. The number of hydrogen-bond donors (Lipinski definition) is 1. The molecule has 0 fully saturated rings. The molecule has 1 aromatic carbocycles. The fourth-order valence-electron chi connectivity index (χ4n) is 2.03. The van der Waals surface area contributed by atoms with Gasteiger partial charge in [-0.05, 0) is 30.5 Å². The van der Waals surface area contributed by atoms with Gasteiger partial charge in [0.05, 0.1) is 6.54 Å². The zero-order valence-electron chi connectivity index (χ0n) is 11.4. The van der Waals surface area contributed by atoms with Gasteiger partial charge >= 0.3 is 0 Å². The Morgan fingerprint density at radius 1 is 1.25 bits per heavy atom. The van der Waals surface area contributed by atoms with Crippen LogP contribution >= 0.6 is 0 Å². The first-order valence-corrected chi connectivity index (χ1v) is 6.44. The molecule has 1 N–H and O–H groups in total. The van der Waals surface area contributed by atoms with Crippen LogP contribution in [0.4, 0.5) is 0 Å². The summed E-state index contributed by atoms with van der Waals surface area (Å²) in [6, 6.07) is 11.3. The fourth-order valence-corrected chi connectivity index (χ4v) is 2.03. The monoisotopic (exact) mass is 269 g/mol. The van der Waals surface area contributed by atoms with Crippen LogP contribution in [0.15, 0.2) is 47.4 Å². The lowest BCUT2D eigenvalue weighted by molar-refractivity contribution is 0.0961. The van der Waals surface area contributed by atoms with Crippen molar-refractivity contribution in [2.75, 3.05) is 7.05 Å². The van der Waals surface area contributed by atoms with Gasteiger partial charge in [-0.2, -0.15) is 0 Å². The third-order valence-corrected chi connectivity index (χ3v) is 3.10. The minimum absolute atomic E-state index is 0.157. The van der Waals surface area contributed by atoms with E-state index in [-0.39, 0.29) is 17.0 Å². The number of carbonyl (C=O) groups excluding carboxylic acids is 1. The number of rotatable bonds is 4. The summed E-state index contributed by atoms with van der Waals surface area (Å²) in [5, 5.41) is 2.49. The van der Waals surface area contributed by atoms with Gasteiger partial charge in [-0.25, -0.2) is 0 Å². The maximum atomic E-state index is 12.3. The molecule has 0 spiro atoms. The molecule has 103 valence electrons. The van der Waals surface area contributed by atoms with Gasteiger partial charge in [0.2, 0.25) is 0 Å². The van der Waals surface area contributed by atoms with Gasteiger partial charge in [-0.1, -0.05) is 30.3 Å². The molecule has 0 saturated carbocycles. The summed E-state index contributed by atoms with van der Waals surface area (Å²) in [7, 11) is 1.51. The van der Waals surface area contributed by atoms with Crippen LogP contribution < -0.4 is 10.9 Å². The van der Waals surface area contributed by atoms with E-state index in [1.54, 1.807) is 16.8 Å². The molecule has 0 aliphatic carbocycles. The molecule has 4 heteroatoms. The topological polar surface area (TPSA) is 51.1 Å². The molecule has 1 heterocycles. The molecular formula is C16H17N2O2. The Hall–Kier alpha value is -2.36. The van der Waals surface area contributed by atoms with E-state index in [1.807, 2.05) is 30.3 Å². The van der Waals surface area contributed by atoms with E-state index in [9.17, 15) is 9.59 Å². The van der Waals surface area contributed by atoms with Crippen LogP contribution in [0.25, 0.3) is 0 Å². The molecule has 2 aromatic rings. The van der Waals surface area contributed by atoms with Gasteiger partial charge in [-0.15, -0.1) is 0 Å². The number of carbonyl (C=O) groups is 1. The van der Waals surface area contributed by atoms with Crippen molar-refractivity contribution in [2.45, 2.75) is 13.0 Å². The molecule has 0 saturated heterocycles. The number of nitrogens with one attached hydrogen (secondary N) is 1. The highest BCUT2D eigenvalue weighted by Gasteiger charge is 2.12. The van der Waals surface area contributed by atoms with Crippen molar-refractivity contribution >= 4 is 5.91 Å². The predicted octanol–water partition coefficient (Wildman–Crippen LogP) is 1.63. The van der Waals surface area contributed by atoms with Crippen molar-refractivity contribution in [1.82, 2.24) is 9.88 Å². The van der Waals surface area contributed by atoms with Gasteiger partial charge in [-0.3, -0.25) is 9.59 Å². The highest BCUT2D eigenvalue weighted by atomic mass is 16.2. The molecule has 20 heavy (non-hydrogen) atoms. The van der Waals surface area contributed by atoms with Crippen LogP contribution in [-0.2, 0) is 13.0 Å². The number of nitrogens with zero attached hydrogens (tertiary/aromatic N) is 1. The smallest absolute Gasteiger partial charge is 0.263 e. The van der Waals surface area contributed by atoms with Gasteiger partial charge < -0.3 is 9.88 Å². The van der Waals surface area contributed by atoms with E-state index < -0.39 is 0 Å². The molecule has 0 atom stereocenters. The Morgan fingerprint density at radius 3 is 2.55 bits per heavy atom. The van der Waals surface area contributed by atoms with Crippen LogP contribution in [0.3, 0.4) is 0 Å². The summed E-state index contributed by atoms with van der Waals surface area (Å²) in [5.41, 5.74) is 1.74. The van der Waals surface area contributed by atoms with Crippen LogP contribution in [0.1, 0.15) is 21.5 Å². The maximum absolute atomic E-state index is 12.3. The highest BCUT2D eigenvalue weighted by molar-refractivity contribution is 5.93. The average Bonchev–Trinajstić information content (AvgIpc) is 2.49. The first-order chi connectivity index (χ1) is 9.65. The summed E-state index contributed by atoms with van der Waals surface area (Å²) in [4.78, 5) is 24.1. The Kier molecular flexibility index (Phi) is 4.35. The van der Waals surface area contributed by atoms with Crippen molar-refractivity contribution in [1.29, 1.82) is 0 Å². The van der Waals surface area contributed by atoms with E-state index in [2.05, 4.69) is 12.2 Å². The molecule has 0 bridgehead atoms. The zero-order valence-corrected chi connectivity index (χ0v) is 11.4. The first-order valence-electron chi connectivity index (χ1n) is 6.44. The number of aromatic nitrogens is 1. The van der Waals surface area contributed by atoms with Gasteiger partial charge in [0.1, 0.15) is 5.56 Å². The molecule has 0 aliphatic heterocycles. The van der Waals surface area contributed by atoms with Crippen LogP contribution in [0.2, 0.25) is 0 Å². The highest BCUT2D eigenvalue weighted by Crippen LogP contribution is 2.05. The van der Waals surface area contributed by atoms with Crippen molar-refractivity contribution in [3.05, 3.63) is 76.6 Å². The molecule has 2 rings (SSSR count). The second-order valence-electron chi connectivity index (χ2n) is 4.51. The Bertz CT molecular complexity index is 660. The molecule has 1 aromatic heterocycles. The summed E-state index contributed by atoms with van der Waals surface area (Å²) in [6.45, 7) is 4.25. The average molecular weight is 269 g/mol. The number of hydrogen-bond acceptors (Lipinski definition) is 2. The van der Waals surface area contributed by atoms with E-state index in [0.29, 0.717) is 13.0 Å². The Balaban J connectivity index is 2.47. The quantitative estimate of drug-likeness (QED) is 0.917. The predicted molar refractivity (Wildman–Crippen MR) is 78.7 cm³/mol. The lowest BCUT2D eigenvalue weighted by Crippen LogP contribution is -2.31. The molecule has 4 nitrogen and oxygen atoms in total. The third kappa shape index (κ3) is 2.96. The van der Waals surface area contributed by atoms with E-state index >= 15 is 0 Å². The fraction of sp³-hybridized carbons (Fsp3) is 0.188. The summed E-state index contributed by atoms with van der Waals surface area (Å²) in [5.74, 6) is -0.368. The van der Waals surface area contributed by atoms with Gasteiger partial charge in [0.25, 0.3) is 11.5 Å². The van der Waals surface area contributed by atoms with E-state index in [4.69, 9.17) is 0 Å². The molecule has 0 aliphatic rings. The molecule has 1 amide bonds. The van der Waals surface area contributed by atoms with Crippen molar-refractivity contribution in [3.63, 3.8) is 0 Å². The van der Waals surface area contributed by atoms with Crippen molar-refractivity contribution in [3.8, 4) is 0 Å². The van der Waals surface area contributed by atoms with E-state index in [0.717, 1.165) is 11.1 Å². The molecule has 1 radical (unpaired) electrons. The Labute approximate surface area is 118 Å². The Morgan fingerprint density at radius 2 is 1.95 bits per heavy atom. The van der Waals surface area contributed by atoms with Crippen molar-refractivity contribution in [2.24, 2.45) is 0 Å². The SMILES string of the molecule is [CH2]Cc1cc(C(=O)NC)c(=O)n(Cc2ccccc2)c1. The number of amides is 1. The minimum atomic E-state index is -0.368. The third-order valence-electron chi connectivity index (χ3n) is 3.10. The maximum Gasteiger partial charge on any atom is 0.263 e. The molecular weight excluding hydrogens is 252 g/mol. The zero-order chi connectivity index (χ0) is 14.5. The molecule has 0 unspecified atom stereocenters. The summed E-state index contributed by atoms with van der Waals surface area (Å²) in [6.07, 6.45) is 2.29. The number of benzene rings is 1. The second kappa shape index (κ2) is 6.19. The lowest BCUT2D eigenvalue weighted by atomic mass is 10.1. The van der Waals surface area contributed by atoms with Gasteiger partial charge in [0.15, 0.2) is 0 Å². The standard InChI is InChI=1S/C16H17N2O2/c1-3-12-9-14(15(19)17-2)16(20)18(10-12)11-13-7-5-4-6-8-13/h4-10H,1,3,11H2,2H3,(H,17,19). The summed E-state index contributed by atoms with van der Waals surface area (Å²) >= 11 is 0.